The van der Waals surface area contributed by atoms with Crippen LogP contribution in [0.3, 0.4) is 0 Å². The van der Waals surface area contributed by atoms with Gasteiger partial charge >= 0.3 is 0 Å². The van der Waals surface area contributed by atoms with Gasteiger partial charge in [-0.15, -0.1) is 0 Å². The Hall–Kier alpha value is -3.52. The van der Waals surface area contributed by atoms with E-state index in [1.807, 2.05) is 44.2 Å². The van der Waals surface area contributed by atoms with Crippen LogP contribution in [0.25, 0.3) is 0 Å². The molecule has 0 heterocycles. The van der Waals surface area contributed by atoms with Gasteiger partial charge in [0.2, 0.25) is 0 Å². The molecule has 3 rings (SSSR count). The van der Waals surface area contributed by atoms with E-state index in [0.717, 1.165) is 16.7 Å². The van der Waals surface area contributed by atoms with Gasteiger partial charge in [0.25, 0.3) is 15.9 Å². The molecule has 2 N–H and O–H groups in total. The van der Waals surface area contributed by atoms with Gasteiger partial charge in [-0.05, 0) is 79.8 Å². The molecule has 3 aromatic rings. The Morgan fingerprint density at radius 3 is 2.26 bits per heavy atom. The lowest BCUT2D eigenvalue weighted by Crippen LogP contribution is -2.26. The Balaban J connectivity index is 1.72. The summed E-state index contributed by atoms with van der Waals surface area (Å²) in [6.07, 6.45) is 0.581. The lowest BCUT2D eigenvalue weighted by atomic mass is 10.1. The van der Waals surface area contributed by atoms with E-state index >= 15 is 0 Å². The molecule has 0 radical (unpaired) electrons. The number of carbonyl (C=O) groups excluding carboxylic acids is 1. The Bertz CT molecular complexity index is 1300. The molecule has 0 saturated heterocycles. The first kappa shape index (κ1) is 25.1. The summed E-state index contributed by atoms with van der Waals surface area (Å²) in [5.41, 5.74) is 4.09. The smallest absolute Gasteiger partial charge is 0.262 e. The summed E-state index contributed by atoms with van der Waals surface area (Å²) < 4.78 is 39.4. The maximum absolute atomic E-state index is 13.1. The molecule has 0 aromatic heterocycles. The number of anilines is 1. The normalized spacial score (nSPS) is 11.1. The molecule has 0 fully saturated rings. The van der Waals surface area contributed by atoms with Gasteiger partial charge in [-0.2, -0.15) is 0 Å². The number of rotatable bonds is 9. The maximum Gasteiger partial charge on any atom is 0.262 e. The minimum absolute atomic E-state index is 0.0703. The van der Waals surface area contributed by atoms with Crippen molar-refractivity contribution in [1.82, 2.24) is 5.32 Å². The van der Waals surface area contributed by atoms with Gasteiger partial charge in [0.05, 0.1) is 24.8 Å². The quantitative estimate of drug-likeness (QED) is 0.471. The van der Waals surface area contributed by atoms with Gasteiger partial charge in [-0.25, -0.2) is 8.42 Å². The van der Waals surface area contributed by atoms with E-state index in [-0.39, 0.29) is 16.4 Å². The zero-order valence-corrected chi connectivity index (χ0v) is 20.9. The van der Waals surface area contributed by atoms with Crippen molar-refractivity contribution in [1.29, 1.82) is 0 Å². The molecule has 7 nitrogen and oxygen atoms in total. The molecule has 180 valence electrons. The van der Waals surface area contributed by atoms with Crippen molar-refractivity contribution < 1.29 is 22.7 Å². The molecule has 0 aliphatic heterocycles. The van der Waals surface area contributed by atoms with Crippen LogP contribution in [0.4, 0.5) is 5.69 Å². The number of hydrogen-bond acceptors (Lipinski definition) is 5. The largest absolute Gasteiger partial charge is 0.493 e. The van der Waals surface area contributed by atoms with Gasteiger partial charge < -0.3 is 14.8 Å². The number of nitrogens with one attached hydrogen (secondary N) is 2. The molecule has 0 unspecified atom stereocenters. The molecular formula is C26H30N2O5S. The van der Waals surface area contributed by atoms with Crippen molar-refractivity contribution in [2.45, 2.75) is 32.1 Å². The van der Waals surface area contributed by atoms with Crippen LogP contribution in [0.2, 0.25) is 0 Å². The molecular weight excluding hydrogens is 452 g/mol. The van der Waals surface area contributed by atoms with E-state index < -0.39 is 10.0 Å². The highest BCUT2D eigenvalue weighted by Crippen LogP contribution is 2.28. The number of benzene rings is 3. The summed E-state index contributed by atoms with van der Waals surface area (Å²) in [5.74, 6) is 0.915. The second kappa shape index (κ2) is 10.6. The maximum atomic E-state index is 13.1. The average molecular weight is 483 g/mol. The Morgan fingerprint density at radius 1 is 0.853 bits per heavy atom. The van der Waals surface area contributed by atoms with Crippen molar-refractivity contribution in [2.24, 2.45) is 0 Å². The van der Waals surface area contributed by atoms with E-state index in [0.29, 0.717) is 35.7 Å². The van der Waals surface area contributed by atoms with Gasteiger partial charge in [0, 0.05) is 12.1 Å². The standard InChI is InChI=1S/C26H30N2O5S/c1-17-6-7-18(2)22(14-17)28-34(30,31)25-16-21(10-8-19(25)3)26(29)27-13-12-20-9-11-23(32-4)24(15-20)33-5/h6-11,14-16,28H,12-13H2,1-5H3,(H,27,29). The fourth-order valence-electron chi connectivity index (χ4n) is 3.53. The highest BCUT2D eigenvalue weighted by Gasteiger charge is 2.20. The van der Waals surface area contributed by atoms with Crippen LogP contribution < -0.4 is 19.5 Å². The van der Waals surface area contributed by atoms with Crippen LogP contribution in [-0.4, -0.2) is 35.1 Å². The number of ether oxygens (including phenoxy) is 2. The van der Waals surface area contributed by atoms with Crippen molar-refractivity contribution in [3.8, 4) is 11.5 Å². The van der Waals surface area contributed by atoms with Crippen molar-refractivity contribution in [3.05, 3.63) is 82.4 Å². The predicted molar refractivity (Wildman–Crippen MR) is 133 cm³/mol. The molecule has 0 saturated carbocycles. The lowest BCUT2D eigenvalue weighted by Gasteiger charge is -2.14. The zero-order valence-electron chi connectivity index (χ0n) is 20.1. The van der Waals surface area contributed by atoms with Crippen LogP contribution in [0, 0.1) is 20.8 Å². The van der Waals surface area contributed by atoms with Crippen LogP contribution in [0.15, 0.2) is 59.5 Å². The molecule has 0 spiro atoms. The molecule has 0 aliphatic rings. The number of methoxy groups -OCH3 is 2. The molecule has 0 bridgehead atoms. The lowest BCUT2D eigenvalue weighted by molar-refractivity contribution is 0.0954. The third-order valence-electron chi connectivity index (χ3n) is 5.52. The van der Waals surface area contributed by atoms with Crippen molar-refractivity contribution >= 4 is 21.6 Å². The fourth-order valence-corrected chi connectivity index (χ4v) is 4.93. The number of sulfonamides is 1. The first-order chi connectivity index (χ1) is 16.1. The highest BCUT2D eigenvalue weighted by molar-refractivity contribution is 7.92. The third-order valence-corrected chi connectivity index (χ3v) is 7.03. The first-order valence-electron chi connectivity index (χ1n) is 10.8. The van der Waals surface area contributed by atoms with Crippen molar-refractivity contribution in [3.63, 3.8) is 0 Å². The number of aryl methyl sites for hydroxylation is 3. The minimum atomic E-state index is -3.87. The van der Waals surface area contributed by atoms with Crippen molar-refractivity contribution in [2.75, 3.05) is 25.5 Å². The second-order valence-corrected chi connectivity index (χ2v) is 9.75. The van der Waals surface area contributed by atoms with Gasteiger partial charge in [-0.1, -0.05) is 24.3 Å². The number of amides is 1. The molecule has 1 amide bonds. The monoisotopic (exact) mass is 482 g/mol. The van der Waals surface area contributed by atoms with E-state index in [4.69, 9.17) is 9.47 Å². The number of carbonyl (C=O) groups is 1. The first-order valence-corrected chi connectivity index (χ1v) is 12.3. The highest BCUT2D eigenvalue weighted by atomic mass is 32.2. The van der Waals surface area contributed by atoms with Gasteiger partial charge in [0.1, 0.15) is 0 Å². The third kappa shape index (κ3) is 5.88. The predicted octanol–water partition coefficient (Wildman–Crippen LogP) is 4.40. The van der Waals surface area contributed by atoms with Crippen LogP contribution in [0.5, 0.6) is 11.5 Å². The molecule has 0 atom stereocenters. The van der Waals surface area contributed by atoms with E-state index in [9.17, 15) is 13.2 Å². The van der Waals surface area contributed by atoms with E-state index in [2.05, 4.69) is 10.0 Å². The van der Waals surface area contributed by atoms with Gasteiger partial charge in [0.15, 0.2) is 11.5 Å². The molecule has 8 heteroatoms. The molecule has 0 aliphatic carbocycles. The van der Waals surface area contributed by atoms with E-state index in [1.54, 1.807) is 39.3 Å². The Kier molecular flexibility index (Phi) is 7.83. The average Bonchev–Trinajstić information content (AvgIpc) is 2.81. The number of hydrogen-bond donors (Lipinski definition) is 2. The zero-order chi connectivity index (χ0) is 24.9. The Morgan fingerprint density at radius 2 is 1.56 bits per heavy atom. The summed E-state index contributed by atoms with van der Waals surface area (Å²) >= 11 is 0. The topological polar surface area (TPSA) is 93.7 Å². The summed E-state index contributed by atoms with van der Waals surface area (Å²) in [6, 6.07) is 15.8. The fraction of sp³-hybridized carbons (Fsp3) is 0.269. The Labute approximate surface area is 201 Å². The van der Waals surface area contributed by atoms with Crippen LogP contribution in [-0.2, 0) is 16.4 Å². The van der Waals surface area contributed by atoms with Crippen LogP contribution in [0.1, 0.15) is 32.6 Å². The summed E-state index contributed by atoms with van der Waals surface area (Å²) in [6.45, 7) is 5.82. The molecule has 34 heavy (non-hydrogen) atoms. The van der Waals surface area contributed by atoms with Crippen LogP contribution >= 0.6 is 0 Å². The summed E-state index contributed by atoms with van der Waals surface area (Å²) in [4.78, 5) is 12.8. The molecule has 3 aromatic carbocycles. The van der Waals surface area contributed by atoms with E-state index in [1.165, 1.54) is 6.07 Å². The van der Waals surface area contributed by atoms with Gasteiger partial charge in [-0.3, -0.25) is 9.52 Å². The summed E-state index contributed by atoms with van der Waals surface area (Å²) in [5, 5.41) is 2.85. The minimum Gasteiger partial charge on any atom is -0.493 e. The second-order valence-electron chi connectivity index (χ2n) is 8.10. The SMILES string of the molecule is COc1ccc(CCNC(=O)c2ccc(C)c(S(=O)(=O)Nc3cc(C)ccc3C)c2)cc1OC. The summed E-state index contributed by atoms with van der Waals surface area (Å²) in [7, 11) is -0.727.